The maximum Gasteiger partial charge on any atom is 0.241 e. The monoisotopic (exact) mass is 422 g/mol. The highest BCUT2D eigenvalue weighted by atomic mass is 35.5. The zero-order valence-corrected chi connectivity index (χ0v) is 17.5. The molecular formula is C21H24Cl2N2O3. The van der Waals surface area contributed by atoms with E-state index in [1.54, 1.807) is 32.4 Å². The number of hydrogen-bond donors (Lipinski definition) is 1. The summed E-state index contributed by atoms with van der Waals surface area (Å²) < 4.78 is 10.7. The number of anilines is 1. The molecule has 0 aromatic heterocycles. The van der Waals surface area contributed by atoms with Gasteiger partial charge in [-0.3, -0.25) is 9.69 Å². The molecule has 1 atom stereocenters. The lowest BCUT2D eigenvalue weighted by Crippen LogP contribution is -2.46. The maximum atomic E-state index is 13.0. The zero-order chi connectivity index (χ0) is 20.1. The Morgan fingerprint density at radius 2 is 1.82 bits per heavy atom. The number of nitrogens with zero attached hydrogens (tertiary/aromatic N) is 1. The van der Waals surface area contributed by atoms with Crippen molar-refractivity contribution in [3.63, 3.8) is 0 Å². The number of rotatable bonds is 6. The van der Waals surface area contributed by atoms with E-state index in [4.69, 9.17) is 32.7 Å². The molecule has 1 heterocycles. The zero-order valence-electron chi connectivity index (χ0n) is 16.0. The van der Waals surface area contributed by atoms with Crippen LogP contribution in [-0.2, 0) is 11.3 Å². The summed E-state index contributed by atoms with van der Waals surface area (Å²) in [6, 6.07) is 10.8. The van der Waals surface area contributed by atoms with Crippen LogP contribution in [0.25, 0.3) is 0 Å². The summed E-state index contributed by atoms with van der Waals surface area (Å²) in [5, 5.41) is 3.78. The Morgan fingerprint density at radius 1 is 1.11 bits per heavy atom. The standard InChI is InChI=1S/C21H24Cl2N2O3/c1-27-18-10-9-14(12-19(18)28-2)13-25-11-4-3-8-17(25)21(26)24-20-15(22)6-5-7-16(20)23/h5-7,9-10,12,17H,3-4,8,11,13H2,1-2H3,(H,24,26). The van der Waals surface area contributed by atoms with E-state index in [9.17, 15) is 4.79 Å². The molecule has 1 fully saturated rings. The van der Waals surface area contributed by atoms with Crippen LogP contribution in [0, 0.1) is 0 Å². The molecule has 0 radical (unpaired) electrons. The minimum absolute atomic E-state index is 0.0878. The third-order valence-electron chi connectivity index (χ3n) is 4.96. The molecule has 0 saturated carbocycles. The van der Waals surface area contributed by atoms with Crippen LogP contribution >= 0.6 is 23.2 Å². The lowest BCUT2D eigenvalue weighted by atomic mass is 10.00. The highest BCUT2D eigenvalue weighted by Gasteiger charge is 2.29. The van der Waals surface area contributed by atoms with Gasteiger partial charge in [0.2, 0.25) is 5.91 Å². The molecule has 1 unspecified atom stereocenters. The Balaban J connectivity index is 1.76. The summed E-state index contributed by atoms with van der Waals surface area (Å²) in [5.74, 6) is 1.28. The first kappa shape index (κ1) is 20.8. The number of methoxy groups -OCH3 is 2. The Kier molecular flexibility index (Phi) is 7.05. The number of piperidine rings is 1. The number of carbonyl (C=O) groups excluding carboxylic acids is 1. The van der Waals surface area contributed by atoms with E-state index in [1.165, 1.54) is 0 Å². The molecule has 3 rings (SSSR count). The summed E-state index contributed by atoms with van der Waals surface area (Å²) in [4.78, 5) is 15.2. The lowest BCUT2D eigenvalue weighted by molar-refractivity contribution is -0.122. The van der Waals surface area contributed by atoms with Crippen LogP contribution in [0.15, 0.2) is 36.4 Å². The average molecular weight is 423 g/mol. The van der Waals surface area contributed by atoms with Crippen molar-refractivity contribution < 1.29 is 14.3 Å². The van der Waals surface area contributed by atoms with Gasteiger partial charge in [-0.2, -0.15) is 0 Å². The van der Waals surface area contributed by atoms with E-state index >= 15 is 0 Å². The van der Waals surface area contributed by atoms with Gasteiger partial charge in [-0.15, -0.1) is 0 Å². The molecule has 28 heavy (non-hydrogen) atoms. The summed E-state index contributed by atoms with van der Waals surface area (Å²) in [7, 11) is 3.23. The van der Waals surface area contributed by atoms with E-state index in [1.807, 2.05) is 18.2 Å². The summed E-state index contributed by atoms with van der Waals surface area (Å²) in [5.41, 5.74) is 1.53. The average Bonchev–Trinajstić information content (AvgIpc) is 2.71. The van der Waals surface area contributed by atoms with Crippen molar-refractivity contribution in [2.75, 3.05) is 26.1 Å². The third kappa shape index (κ3) is 4.72. The van der Waals surface area contributed by atoms with Gasteiger partial charge in [-0.1, -0.05) is 41.8 Å². The predicted molar refractivity (Wildman–Crippen MR) is 113 cm³/mol. The molecule has 0 spiro atoms. The van der Waals surface area contributed by atoms with E-state index in [0.29, 0.717) is 33.8 Å². The number of ether oxygens (including phenoxy) is 2. The molecular weight excluding hydrogens is 399 g/mol. The Labute approximate surface area is 175 Å². The smallest absolute Gasteiger partial charge is 0.241 e. The van der Waals surface area contributed by atoms with Gasteiger partial charge in [0.1, 0.15) is 0 Å². The third-order valence-corrected chi connectivity index (χ3v) is 5.59. The van der Waals surface area contributed by atoms with Crippen molar-refractivity contribution in [3.8, 4) is 11.5 Å². The van der Waals surface area contributed by atoms with Crippen LogP contribution in [0.3, 0.4) is 0 Å². The fourth-order valence-electron chi connectivity index (χ4n) is 3.51. The predicted octanol–water partition coefficient (Wildman–Crippen LogP) is 5.00. The second-order valence-corrected chi connectivity index (χ2v) is 7.57. The largest absolute Gasteiger partial charge is 0.493 e. The topological polar surface area (TPSA) is 50.8 Å². The van der Waals surface area contributed by atoms with Crippen LogP contribution in [0.2, 0.25) is 10.0 Å². The fraction of sp³-hybridized carbons (Fsp3) is 0.381. The first-order valence-corrected chi connectivity index (χ1v) is 9.99. The summed E-state index contributed by atoms with van der Waals surface area (Å²) in [6.07, 6.45) is 2.86. The van der Waals surface area contributed by atoms with Crippen molar-refractivity contribution in [3.05, 3.63) is 52.0 Å². The van der Waals surface area contributed by atoms with Crippen molar-refractivity contribution in [2.24, 2.45) is 0 Å². The Morgan fingerprint density at radius 3 is 2.50 bits per heavy atom. The van der Waals surface area contributed by atoms with Crippen LogP contribution in [0.5, 0.6) is 11.5 Å². The quantitative estimate of drug-likeness (QED) is 0.710. The molecule has 7 heteroatoms. The van der Waals surface area contributed by atoms with E-state index < -0.39 is 0 Å². The number of halogens is 2. The van der Waals surface area contributed by atoms with Crippen LogP contribution < -0.4 is 14.8 Å². The first-order valence-electron chi connectivity index (χ1n) is 9.23. The number of benzene rings is 2. The van der Waals surface area contributed by atoms with Gasteiger partial charge in [0, 0.05) is 6.54 Å². The minimum atomic E-state index is -0.241. The van der Waals surface area contributed by atoms with Gasteiger partial charge < -0.3 is 14.8 Å². The van der Waals surface area contributed by atoms with Crippen molar-refractivity contribution >= 4 is 34.8 Å². The molecule has 1 aliphatic rings. The fourth-order valence-corrected chi connectivity index (χ4v) is 4.01. The van der Waals surface area contributed by atoms with Gasteiger partial charge in [-0.05, 0) is 49.2 Å². The molecule has 5 nitrogen and oxygen atoms in total. The number of hydrogen-bond acceptors (Lipinski definition) is 4. The van der Waals surface area contributed by atoms with Crippen molar-refractivity contribution in [2.45, 2.75) is 31.8 Å². The molecule has 1 saturated heterocycles. The van der Waals surface area contributed by atoms with E-state index in [2.05, 4.69) is 10.2 Å². The van der Waals surface area contributed by atoms with Crippen molar-refractivity contribution in [1.82, 2.24) is 4.90 Å². The number of nitrogens with one attached hydrogen (secondary N) is 1. The van der Waals surface area contributed by atoms with Gasteiger partial charge in [-0.25, -0.2) is 0 Å². The van der Waals surface area contributed by atoms with E-state index in [-0.39, 0.29) is 11.9 Å². The molecule has 0 aliphatic carbocycles. The molecule has 1 N–H and O–H groups in total. The van der Waals surface area contributed by atoms with Crippen LogP contribution in [-0.4, -0.2) is 37.6 Å². The number of para-hydroxylation sites is 1. The molecule has 0 bridgehead atoms. The molecule has 1 amide bonds. The molecule has 150 valence electrons. The highest BCUT2D eigenvalue weighted by molar-refractivity contribution is 6.39. The number of likely N-dealkylation sites (tertiary alicyclic amines) is 1. The van der Waals surface area contributed by atoms with Crippen molar-refractivity contribution in [1.29, 1.82) is 0 Å². The second-order valence-electron chi connectivity index (χ2n) is 6.76. The van der Waals surface area contributed by atoms with E-state index in [0.717, 1.165) is 31.4 Å². The number of carbonyl (C=O) groups is 1. The van der Waals surface area contributed by atoms with Gasteiger partial charge in [0.05, 0.1) is 36.0 Å². The van der Waals surface area contributed by atoms with Crippen LogP contribution in [0.4, 0.5) is 5.69 Å². The molecule has 2 aromatic carbocycles. The Hall–Kier alpha value is -1.95. The van der Waals surface area contributed by atoms with Gasteiger partial charge >= 0.3 is 0 Å². The maximum absolute atomic E-state index is 13.0. The van der Waals surface area contributed by atoms with Gasteiger partial charge in [0.15, 0.2) is 11.5 Å². The highest BCUT2D eigenvalue weighted by Crippen LogP contribution is 2.32. The van der Waals surface area contributed by atoms with Gasteiger partial charge in [0.25, 0.3) is 0 Å². The Bertz CT molecular complexity index is 824. The number of amides is 1. The minimum Gasteiger partial charge on any atom is -0.493 e. The second kappa shape index (κ2) is 9.50. The summed E-state index contributed by atoms with van der Waals surface area (Å²) in [6.45, 7) is 1.50. The SMILES string of the molecule is COc1ccc(CN2CCCCC2C(=O)Nc2c(Cl)cccc2Cl)cc1OC. The molecule has 1 aliphatic heterocycles. The summed E-state index contributed by atoms with van der Waals surface area (Å²) >= 11 is 12.4. The van der Waals surface area contributed by atoms with Crippen LogP contribution in [0.1, 0.15) is 24.8 Å². The first-order chi connectivity index (χ1) is 13.5. The normalized spacial score (nSPS) is 17.2. The molecule has 2 aromatic rings. The lowest BCUT2D eigenvalue weighted by Gasteiger charge is -2.35.